The van der Waals surface area contributed by atoms with Gasteiger partial charge in [-0.05, 0) is 19.9 Å². The summed E-state index contributed by atoms with van der Waals surface area (Å²) >= 11 is 0. The van der Waals surface area contributed by atoms with Crippen molar-refractivity contribution in [2.45, 2.75) is 13.8 Å². The normalized spacial score (nSPS) is 10.2. The van der Waals surface area contributed by atoms with Gasteiger partial charge in [0.1, 0.15) is 12.1 Å². The van der Waals surface area contributed by atoms with Gasteiger partial charge in [0.25, 0.3) is 0 Å². The third kappa shape index (κ3) is 4.22. The third-order valence-electron chi connectivity index (χ3n) is 3.14. The second-order valence-corrected chi connectivity index (χ2v) is 5.19. The van der Waals surface area contributed by atoms with E-state index in [2.05, 4.69) is 30.0 Å². The molecule has 0 aliphatic heterocycles. The van der Waals surface area contributed by atoms with Crippen molar-refractivity contribution in [3.63, 3.8) is 0 Å². The summed E-state index contributed by atoms with van der Waals surface area (Å²) in [5.74, 6) is 1.87. The third-order valence-corrected chi connectivity index (χ3v) is 3.14. The molecule has 0 bridgehead atoms. The van der Waals surface area contributed by atoms with Gasteiger partial charge >= 0.3 is 0 Å². The molecule has 4 rings (SSSR count). The fourth-order valence-corrected chi connectivity index (χ4v) is 1.92. The van der Waals surface area contributed by atoms with E-state index in [0.29, 0.717) is 11.6 Å². The van der Waals surface area contributed by atoms with Crippen LogP contribution < -0.4 is 5.73 Å². The van der Waals surface area contributed by atoms with Crippen LogP contribution in [0.4, 0.5) is 5.82 Å². The van der Waals surface area contributed by atoms with Crippen molar-refractivity contribution in [3.8, 4) is 11.6 Å². The zero-order valence-corrected chi connectivity index (χ0v) is 13.9. The van der Waals surface area contributed by atoms with Crippen LogP contribution in [-0.2, 0) is 0 Å². The largest absolute Gasteiger partial charge is 0.382 e. The summed E-state index contributed by atoms with van der Waals surface area (Å²) in [4.78, 5) is 20.4. The van der Waals surface area contributed by atoms with Gasteiger partial charge in [-0.3, -0.25) is 9.55 Å². The lowest BCUT2D eigenvalue weighted by molar-refractivity contribution is 0.839. The number of nitrogens with two attached hydrogens (primary N) is 1. The number of hydrogen-bond acceptors (Lipinski definition) is 7. The van der Waals surface area contributed by atoms with Gasteiger partial charge < -0.3 is 5.73 Å². The Morgan fingerprint density at radius 1 is 0.840 bits per heavy atom. The lowest BCUT2D eigenvalue weighted by atomic mass is 10.5. The number of aromatic nitrogens is 8. The number of nitrogen functional groups attached to an aromatic ring is 1. The van der Waals surface area contributed by atoms with E-state index in [-0.39, 0.29) is 0 Å². The fraction of sp³-hybridized carbons (Fsp3) is 0.125. The summed E-state index contributed by atoms with van der Waals surface area (Å²) in [7, 11) is 0. The smallest absolute Gasteiger partial charge is 0.171 e. The quantitative estimate of drug-likeness (QED) is 0.591. The molecule has 25 heavy (non-hydrogen) atoms. The SMILES string of the molecule is Cc1cnc(-n2cnc(C)c2)cn1.Nc1cnc(-n2cccn2)cn1. The number of nitrogens with zero attached hydrogens (tertiary/aromatic N) is 8. The van der Waals surface area contributed by atoms with Gasteiger partial charge in [-0.2, -0.15) is 5.10 Å². The second-order valence-electron chi connectivity index (χ2n) is 5.19. The molecule has 0 atom stereocenters. The van der Waals surface area contributed by atoms with Crippen LogP contribution >= 0.6 is 0 Å². The lowest BCUT2D eigenvalue weighted by Crippen LogP contribution is -2.00. The van der Waals surface area contributed by atoms with Crippen molar-refractivity contribution < 1.29 is 0 Å². The van der Waals surface area contributed by atoms with Gasteiger partial charge in [0, 0.05) is 18.6 Å². The van der Waals surface area contributed by atoms with E-state index in [1.165, 1.54) is 6.20 Å². The van der Waals surface area contributed by atoms with Crippen LogP contribution in [0.5, 0.6) is 0 Å². The molecule has 4 aromatic rings. The predicted octanol–water partition coefficient (Wildman–Crippen LogP) is 1.52. The van der Waals surface area contributed by atoms with E-state index in [0.717, 1.165) is 17.2 Å². The molecule has 0 unspecified atom stereocenters. The van der Waals surface area contributed by atoms with E-state index in [9.17, 15) is 0 Å². The van der Waals surface area contributed by atoms with Crippen molar-refractivity contribution in [3.05, 3.63) is 67.2 Å². The molecule has 9 heteroatoms. The Hall–Kier alpha value is -3.62. The van der Waals surface area contributed by atoms with Crippen molar-refractivity contribution in [2.24, 2.45) is 0 Å². The Morgan fingerprint density at radius 2 is 1.64 bits per heavy atom. The maximum Gasteiger partial charge on any atom is 0.171 e. The van der Waals surface area contributed by atoms with Crippen LogP contribution in [0.25, 0.3) is 11.6 Å². The highest BCUT2D eigenvalue weighted by atomic mass is 15.3. The molecule has 0 amide bonds. The molecular formula is C16H17N9. The van der Waals surface area contributed by atoms with Gasteiger partial charge in [-0.15, -0.1) is 0 Å². The molecule has 2 N–H and O–H groups in total. The summed E-state index contributed by atoms with van der Waals surface area (Å²) in [6, 6.07) is 1.82. The molecule has 4 heterocycles. The minimum absolute atomic E-state index is 0.408. The highest BCUT2D eigenvalue weighted by Crippen LogP contribution is 2.03. The zero-order valence-electron chi connectivity index (χ0n) is 13.9. The average Bonchev–Trinajstić information content (AvgIpc) is 3.29. The lowest BCUT2D eigenvalue weighted by Gasteiger charge is -1.98. The molecule has 0 aliphatic carbocycles. The van der Waals surface area contributed by atoms with Crippen LogP contribution in [0, 0.1) is 13.8 Å². The summed E-state index contributed by atoms with van der Waals surface area (Å²) < 4.78 is 3.47. The first-order valence-electron chi connectivity index (χ1n) is 7.49. The van der Waals surface area contributed by atoms with E-state index >= 15 is 0 Å². The Kier molecular flexibility index (Phi) is 4.74. The Bertz CT molecular complexity index is 909. The standard InChI is InChI=1S/C9H10N4.C7H7N5/c1-7-3-11-9(4-10-7)13-5-8(2)12-6-13;8-6-4-10-7(5-9-6)12-3-1-2-11-12/h3-6H,1-2H3;1-5H,(H2,8,9). The summed E-state index contributed by atoms with van der Waals surface area (Å²) in [5.41, 5.74) is 7.27. The number of rotatable bonds is 2. The van der Waals surface area contributed by atoms with Crippen LogP contribution in [0.1, 0.15) is 11.4 Å². The molecule has 0 fully saturated rings. The topological polar surface area (TPSA) is 113 Å². The fourth-order valence-electron chi connectivity index (χ4n) is 1.92. The average molecular weight is 335 g/mol. The molecule has 0 spiro atoms. The molecule has 0 aromatic carbocycles. The zero-order chi connectivity index (χ0) is 17.6. The minimum Gasteiger partial charge on any atom is -0.382 e. The van der Waals surface area contributed by atoms with Crippen molar-refractivity contribution in [2.75, 3.05) is 5.73 Å². The summed E-state index contributed by atoms with van der Waals surface area (Å²) in [5, 5.41) is 3.99. The number of aryl methyl sites for hydroxylation is 2. The summed E-state index contributed by atoms with van der Waals surface area (Å²) in [6.45, 7) is 3.86. The second kappa shape index (κ2) is 7.30. The van der Waals surface area contributed by atoms with E-state index in [1.54, 1.807) is 42.0 Å². The van der Waals surface area contributed by atoms with Gasteiger partial charge in [-0.1, -0.05) is 0 Å². The Morgan fingerprint density at radius 3 is 2.20 bits per heavy atom. The predicted molar refractivity (Wildman–Crippen MR) is 92.2 cm³/mol. The molecule has 4 aromatic heterocycles. The summed E-state index contributed by atoms with van der Waals surface area (Å²) in [6.07, 6.45) is 13.7. The van der Waals surface area contributed by atoms with Crippen LogP contribution in [0.15, 0.2) is 55.8 Å². The first kappa shape index (κ1) is 16.2. The van der Waals surface area contributed by atoms with E-state index in [4.69, 9.17) is 5.73 Å². The molecule has 0 saturated carbocycles. The van der Waals surface area contributed by atoms with E-state index < -0.39 is 0 Å². The molecular weight excluding hydrogens is 318 g/mol. The number of anilines is 1. The van der Waals surface area contributed by atoms with Gasteiger partial charge in [0.05, 0.1) is 36.2 Å². The molecule has 0 radical (unpaired) electrons. The molecule has 126 valence electrons. The van der Waals surface area contributed by atoms with Gasteiger partial charge in [-0.25, -0.2) is 24.6 Å². The van der Waals surface area contributed by atoms with Gasteiger partial charge in [0.15, 0.2) is 11.6 Å². The molecule has 0 aliphatic rings. The maximum atomic E-state index is 5.38. The first-order valence-corrected chi connectivity index (χ1v) is 7.49. The van der Waals surface area contributed by atoms with Crippen LogP contribution in [-0.4, -0.2) is 39.3 Å². The van der Waals surface area contributed by atoms with E-state index in [1.807, 2.05) is 30.7 Å². The van der Waals surface area contributed by atoms with Crippen LogP contribution in [0.2, 0.25) is 0 Å². The maximum absolute atomic E-state index is 5.38. The molecule has 9 nitrogen and oxygen atoms in total. The minimum atomic E-state index is 0.408. The molecule has 0 saturated heterocycles. The van der Waals surface area contributed by atoms with Crippen molar-refractivity contribution in [1.29, 1.82) is 0 Å². The van der Waals surface area contributed by atoms with Gasteiger partial charge in [0.2, 0.25) is 0 Å². The van der Waals surface area contributed by atoms with Crippen LogP contribution in [0.3, 0.4) is 0 Å². The Labute approximate surface area is 144 Å². The first-order chi connectivity index (χ1) is 12.1. The van der Waals surface area contributed by atoms with Crippen molar-refractivity contribution in [1.82, 2.24) is 39.3 Å². The highest BCUT2D eigenvalue weighted by molar-refractivity contribution is 5.27. The monoisotopic (exact) mass is 335 g/mol. The van der Waals surface area contributed by atoms with Crippen molar-refractivity contribution >= 4 is 5.82 Å². The number of imidazole rings is 1. The Balaban J connectivity index is 0.000000146. The number of hydrogen-bond donors (Lipinski definition) is 1. The highest BCUT2D eigenvalue weighted by Gasteiger charge is 1.98.